The van der Waals surface area contributed by atoms with Gasteiger partial charge in [-0.3, -0.25) is 4.79 Å². The minimum atomic E-state index is -3.62. The number of urea groups is 1. The molecule has 1 unspecified atom stereocenters. The molecular formula is C21H23N3O5S. The summed E-state index contributed by atoms with van der Waals surface area (Å²) in [6.45, 7) is 2.97. The third-order valence-corrected chi connectivity index (χ3v) is 7.87. The number of nitrogens with one attached hydrogen (secondary N) is 2. The Labute approximate surface area is 174 Å². The molecule has 2 aromatic rings. The Morgan fingerprint density at radius 1 is 1.17 bits per heavy atom. The van der Waals surface area contributed by atoms with Crippen LogP contribution in [0.3, 0.4) is 0 Å². The number of benzene rings is 1. The quantitative estimate of drug-likeness (QED) is 0.692. The Morgan fingerprint density at radius 3 is 2.40 bits per heavy atom. The lowest BCUT2D eigenvalue weighted by Gasteiger charge is -2.19. The summed E-state index contributed by atoms with van der Waals surface area (Å²) >= 11 is 0. The third kappa shape index (κ3) is 2.87. The van der Waals surface area contributed by atoms with E-state index < -0.39 is 27.5 Å². The summed E-state index contributed by atoms with van der Waals surface area (Å²) in [4.78, 5) is 25.0. The zero-order valence-electron chi connectivity index (χ0n) is 16.8. The molecule has 1 atom stereocenters. The van der Waals surface area contributed by atoms with Crippen molar-refractivity contribution in [1.29, 1.82) is 0 Å². The number of fused-ring (bicyclic) bond motifs is 3. The molecule has 0 radical (unpaired) electrons. The van der Waals surface area contributed by atoms with Crippen molar-refractivity contribution in [3.8, 4) is 0 Å². The average Bonchev–Trinajstić information content (AvgIpc) is 3.40. The van der Waals surface area contributed by atoms with E-state index in [1.807, 2.05) is 0 Å². The van der Waals surface area contributed by atoms with E-state index in [0.29, 0.717) is 0 Å². The van der Waals surface area contributed by atoms with E-state index in [2.05, 4.69) is 20.5 Å². The lowest BCUT2D eigenvalue weighted by molar-refractivity contribution is 0.0753. The van der Waals surface area contributed by atoms with Crippen molar-refractivity contribution in [1.82, 2.24) is 4.72 Å². The Morgan fingerprint density at radius 2 is 1.80 bits per heavy atom. The second-order valence-electron chi connectivity index (χ2n) is 8.58. The van der Waals surface area contributed by atoms with E-state index in [-0.39, 0.29) is 16.2 Å². The topological polar surface area (TPSA) is 121 Å². The molecule has 5 rings (SSSR count). The van der Waals surface area contributed by atoms with Crippen LogP contribution in [0, 0.1) is 0 Å². The number of hydrogen-bond donors (Lipinski definition) is 3. The summed E-state index contributed by atoms with van der Waals surface area (Å²) in [5.74, 6) is -1.02. The fourth-order valence-corrected chi connectivity index (χ4v) is 6.54. The van der Waals surface area contributed by atoms with Gasteiger partial charge in [-0.1, -0.05) is 6.07 Å². The highest BCUT2D eigenvalue weighted by molar-refractivity contribution is 7.93. The number of furan rings is 1. The minimum Gasteiger partial charge on any atom is -0.457 e. The van der Waals surface area contributed by atoms with Gasteiger partial charge in [0, 0.05) is 11.3 Å². The highest BCUT2D eigenvalue weighted by Gasteiger charge is 2.41. The molecule has 2 aliphatic carbocycles. The number of amides is 3. The minimum absolute atomic E-state index is 0.0568. The van der Waals surface area contributed by atoms with E-state index in [1.165, 1.54) is 31.2 Å². The first-order valence-corrected chi connectivity index (χ1v) is 11.6. The van der Waals surface area contributed by atoms with Gasteiger partial charge in [-0.15, -0.1) is 4.36 Å². The molecule has 1 aromatic heterocycles. The predicted octanol–water partition coefficient (Wildman–Crippen LogP) is 3.20. The first kappa shape index (κ1) is 19.3. The van der Waals surface area contributed by atoms with Crippen molar-refractivity contribution in [3.05, 3.63) is 45.9 Å². The van der Waals surface area contributed by atoms with Crippen LogP contribution < -0.4 is 10.0 Å². The van der Waals surface area contributed by atoms with Gasteiger partial charge in [0.15, 0.2) is 9.92 Å². The summed E-state index contributed by atoms with van der Waals surface area (Å²) in [6.07, 6.45) is 7.05. The van der Waals surface area contributed by atoms with Crippen LogP contribution in [0.25, 0.3) is 0 Å². The molecule has 30 heavy (non-hydrogen) atoms. The SMILES string of the molecule is CC(C)(O)c1coc2c1S(=O)(NC(=O)Nc1c3c(cc4c1CCC4)CCC3)=NC2=O. The number of carbonyl (C=O) groups is 2. The van der Waals surface area contributed by atoms with Crippen molar-refractivity contribution in [3.63, 3.8) is 0 Å². The lowest BCUT2D eigenvalue weighted by Crippen LogP contribution is -2.35. The summed E-state index contributed by atoms with van der Waals surface area (Å²) in [5, 5.41) is 13.3. The second-order valence-corrected chi connectivity index (χ2v) is 10.4. The molecule has 8 nitrogen and oxygen atoms in total. The van der Waals surface area contributed by atoms with Gasteiger partial charge in [0.25, 0.3) is 0 Å². The molecule has 0 bridgehead atoms. The Bertz CT molecular complexity index is 1200. The number of anilines is 1. The summed E-state index contributed by atoms with van der Waals surface area (Å²) in [6, 6.07) is 1.56. The molecule has 1 aliphatic heterocycles. The summed E-state index contributed by atoms with van der Waals surface area (Å²) in [7, 11) is -3.62. The van der Waals surface area contributed by atoms with Gasteiger partial charge in [-0.05, 0) is 74.6 Å². The monoisotopic (exact) mass is 429 g/mol. The Hall–Kier alpha value is -2.65. The maximum absolute atomic E-state index is 13.5. The average molecular weight is 429 g/mol. The standard InChI is InChI=1S/C21H23N3O5S/c1-21(2,27)15-10-29-17-18(15)30(28,23-19(17)25)24-20(26)22-16-13-7-3-5-11(13)9-12-6-4-8-14(12)16/h9-10,27H,3-8H2,1-2H3,(H2,22,23,24,25,26,28). The maximum Gasteiger partial charge on any atom is 0.331 e. The highest BCUT2D eigenvalue weighted by atomic mass is 32.2. The van der Waals surface area contributed by atoms with Crippen molar-refractivity contribution in [2.24, 2.45) is 4.36 Å². The van der Waals surface area contributed by atoms with E-state index in [0.717, 1.165) is 55.3 Å². The second kappa shape index (κ2) is 6.42. The molecule has 0 saturated carbocycles. The molecule has 0 saturated heterocycles. The molecule has 3 aliphatic rings. The smallest absolute Gasteiger partial charge is 0.331 e. The van der Waals surface area contributed by atoms with Gasteiger partial charge in [0.05, 0.1) is 11.9 Å². The van der Waals surface area contributed by atoms with E-state index >= 15 is 0 Å². The van der Waals surface area contributed by atoms with Crippen LogP contribution in [0.2, 0.25) is 0 Å². The van der Waals surface area contributed by atoms with E-state index in [9.17, 15) is 18.9 Å². The zero-order valence-corrected chi connectivity index (χ0v) is 17.6. The third-order valence-electron chi connectivity index (χ3n) is 6.03. The van der Waals surface area contributed by atoms with Crippen LogP contribution in [0.1, 0.15) is 65.1 Å². The van der Waals surface area contributed by atoms with Crippen LogP contribution in [0.5, 0.6) is 0 Å². The van der Waals surface area contributed by atoms with Gasteiger partial charge >= 0.3 is 11.9 Å². The van der Waals surface area contributed by atoms with E-state index in [1.54, 1.807) is 0 Å². The van der Waals surface area contributed by atoms with Crippen molar-refractivity contribution in [2.45, 2.75) is 62.9 Å². The number of nitrogens with zero attached hydrogens (tertiary/aromatic N) is 1. The number of aryl methyl sites for hydroxylation is 2. The fraction of sp³-hybridized carbons (Fsp3) is 0.429. The van der Waals surface area contributed by atoms with Crippen LogP contribution in [-0.2, 0) is 41.2 Å². The van der Waals surface area contributed by atoms with Crippen molar-refractivity contribution >= 4 is 27.5 Å². The molecule has 3 N–H and O–H groups in total. The predicted molar refractivity (Wildman–Crippen MR) is 110 cm³/mol. The van der Waals surface area contributed by atoms with Crippen LogP contribution in [0.15, 0.2) is 26.0 Å². The Balaban J connectivity index is 1.49. The normalized spacial score (nSPS) is 21.8. The van der Waals surface area contributed by atoms with E-state index in [4.69, 9.17) is 4.42 Å². The number of carbonyl (C=O) groups excluding carboxylic acids is 2. The molecular weight excluding hydrogens is 406 g/mol. The molecule has 0 spiro atoms. The molecule has 9 heteroatoms. The van der Waals surface area contributed by atoms with Crippen molar-refractivity contribution < 1.29 is 23.3 Å². The van der Waals surface area contributed by atoms with Crippen LogP contribution >= 0.6 is 0 Å². The zero-order chi connectivity index (χ0) is 21.3. The van der Waals surface area contributed by atoms with Gasteiger partial charge < -0.3 is 14.8 Å². The fourth-order valence-electron chi connectivity index (χ4n) is 4.70. The Kier molecular flexibility index (Phi) is 4.14. The maximum atomic E-state index is 13.5. The molecule has 0 fully saturated rings. The van der Waals surface area contributed by atoms with Crippen molar-refractivity contribution in [2.75, 3.05) is 5.32 Å². The number of hydrogen-bond acceptors (Lipinski definition) is 5. The summed E-state index contributed by atoms with van der Waals surface area (Å²) < 4.78 is 24.7. The van der Waals surface area contributed by atoms with Gasteiger partial charge in [-0.25, -0.2) is 13.7 Å². The first-order valence-electron chi connectivity index (χ1n) is 10.1. The summed E-state index contributed by atoms with van der Waals surface area (Å²) in [5.41, 5.74) is 4.35. The first-order chi connectivity index (χ1) is 14.2. The lowest BCUT2D eigenvalue weighted by atomic mass is 9.99. The van der Waals surface area contributed by atoms with Crippen LogP contribution in [-0.4, -0.2) is 21.3 Å². The van der Waals surface area contributed by atoms with Gasteiger partial charge in [0.1, 0.15) is 4.90 Å². The number of aliphatic hydroxyl groups is 1. The highest BCUT2D eigenvalue weighted by Crippen LogP contribution is 2.39. The molecule has 3 amide bonds. The van der Waals surface area contributed by atoms with Crippen LogP contribution in [0.4, 0.5) is 10.5 Å². The van der Waals surface area contributed by atoms with Gasteiger partial charge in [-0.2, -0.15) is 0 Å². The largest absolute Gasteiger partial charge is 0.457 e. The van der Waals surface area contributed by atoms with Gasteiger partial charge in [0.2, 0.25) is 5.76 Å². The number of rotatable bonds is 3. The molecule has 158 valence electrons. The molecule has 2 heterocycles. The molecule has 1 aromatic carbocycles.